The van der Waals surface area contributed by atoms with Crippen molar-refractivity contribution in [2.75, 3.05) is 11.1 Å². The minimum Gasteiger partial charge on any atom is -0.399 e. The highest BCUT2D eigenvalue weighted by Gasteiger charge is 2.15. The fourth-order valence-electron chi connectivity index (χ4n) is 4.57. The van der Waals surface area contributed by atoms with Gasteiger partial charge in [0.05, 0.1) is 19.0 Å². The number of aromatic amines is 1. The summed E-state index contributed by atoms with van der Waals surface area (Å²) >= 11 is 42.7. The van der Waals surface area contributed by atoms with Gasteiger partial charge in [0, 0.05) is 37.4 Å². The van der Waals surface area contributed by atoms with Crippen molar-refractivity contribution in [2.24, 2.45) is 0 Å². The van der Waals surface area contributed by atoms with Crippen molar-refractivity contribution in [3.8, 4) is 0 Å². The fourth-order valence-corrected chi connectivity index (χ4v) is 5.97. The van der Waals surface area contributed by atoms with Gasteiger partial charge in [-0.1, -0.05) is 95.0 Å². The normalized spacial score (nSPS) is 10.8. The van der Waals surface area contributed by atoms with E-state index in [1.807, 2.05) is 53.3 Å². The molecule has 0 radical (unpaired) electrons. The molecular weight excluding hydrogens is 1000 g/mol. The Morgan fingerprint density at radius 1 is 0.638 bits per heavy atom. The van der Waals surface area contributed by atoms with Gasteiger partial charge in [-0.25, -0.2) is 24.9 Å². The van der Waals surface area contributed by atoms with Gasteiger partial charge in [0.2, 0.25) is 15.9 Å². The van der Waals surface area contributed by atoms with Crippen LogP contribution in [0.3, 0.4) is 0 Å². The van der Waals surface area contributed by atoms with E-state index in [1.54, 1.807) is 30.9 Å². The Bertz CT molecular complexity index is 2560. The first-order valence-corrected chi connectivity index (χ1v) is 21.0. The zero-order chi connectivity index (χ0) is 42.7. The molecule has 14 nitrogen and oxygen atoms in total. The molecule has 22 heteroatoms. The van der Waals surface area contributed by atoms with Crippen LogP contribution in [0.25, 0.3) is 33.5 Å². The fraction of sp³-hybridized carbons (Fsp3) is 0.250. The summed E-state index contributed by atoms with van der Waals surface area (Å²) in [7, 11) is 0. The molecule has 0 bridgehead atoms. The monoisotopic (exact) mass is 1040 g/mol. The topological polar surface area (TPSA) is 180 Å². The minimum absolute atomic E-state index is 0.106. The molecule has 0 fully saturated rings. The van der Waals surface area contributed by atoms with Crippen LogP contribution in [0.2, 0.25) is 36.2 Å². The third-order valence-corrected chi connectivity index (χ3v) is 8.52. The quantitative estimate of drug-likeness (QED) is 0.0502. The first-order valence-electron chi connectivity index (χ1n) is 17.1. The Labute approximate surface area is 382 Å². The summed E-state index contributed by atoms with van der Waals surface area (Å²) in [6.45, 7) is 12.5. The van der Waals surface area contributed by atoms with Crippen LogP contribution in [0, 0.1) is 0 Å². The van der Waals surface area contributed by atoms with Gasteiger partial charge < -0.3 is 25.2 Å². The molecule has 0 amide bonds. The number of hydrogen-bond donors (Lipinski definition) is 3. The summed E-state index contributed by atoms with van der Waals surface area (Å²) in [5.41, 5.74) is 10.6. The van der Waals surface area contributed by atoms with Crippen LogP contribution >= 0.6 is 104 Å². The van der Waals surface area contributed by atoms with Crippen molar-refractivity contribution >= 4 is 154 Å². The number of nitrogens with two attached hydrogens (primary N) is 1. The van der Waals surface area contributed by atoms with Crippen LogP contribution < -0.4 is 11.1 Å². The van der Waals surface area contributed by atoms with E-state index in [2.05, 4.69) is 105 Å². The Morgan fingerprint density at radius 2 is 1.16 bits per heavy atom. The van der Waals surface area contributed by atoms with Crippen LogP contribution in [0.5, 0.6) is 0 Å². The SMILES string of the molecule is CC(C)I.CC(C)n1cnc2c(Cl)nc(Cl)nc21.CC(C)n1cnc2c(Nc3cccc(Cl)c3)nc(Cl)nc21.Clc1nc(Cl)c2[nH]cnc2n1.Nc1cccc(Cl)c1. The molecule has 58 heavy (non-hydrogen) atoms. The number of nitrogens with one attached hydrogen (secondary N) is 2. The van der Waals surface area contributed by atoms with Crippen molar-refractivity contribution in [3.05, 3.63) is 104 Å². The lowest BCUT2D eigenvalue weighted by molar-refractivity contribution is 0.612. The van der Waals surface area contributed by atoms with Crippen molar-refractivity contribution in [1.82, 2.24) is 59.0 Å². The van der Waals surface area contributed by atoms with Gasteiger partial charge in [-0.3, -0.25) is 0 Å². The number of anilines is 3. The second kappa shape index (κ2) is 22.2. The molecule has 0 saturated carbocycles. The van der Waals surface area contributed by atoms with E-state index in [0.717, 1.165) is 9.61 Å². The van der Waals surface area contributed by atoms with Crippen LogP contribution in [0.4, 0.5) is 17.2 Å². The van der Waals surface area contributed by atoms with Gasteiger partial charge in [0.25, 0.3) is 0 Å². The first-order chi connectivity index (χ1) is 27.4. The van der Waals surface area contributed by atoms with Crippen molar-refractivity contribution in [2.45, 2.75) is 57.6 Å². The number of fused-ring (bicyclic) bond motifs is 3. The molecule has 306 valence electrons. The van der Waals surface area contributed by atoms with Crippen molar-refractivity contribution in [3.63, 3.8) is 0 Å². The van der Waals surface area contributed by atoms with Crippen molar-refractivity contribution < 1.29 is 0 Å². The number of hydrogen-bond acceptors (Lipinski definition) is 11. The first kappa shape index (κ1) is 47.1. The largest absolute Gasteiger partial charge is 0.399 e. The number of benzene rings is 2. The molecule has 4 N–H and O–H groups in total. The van der Waals surface area contributed by atoms with Crippen LogP contribution in [0.15, 0.2) is 67.5 Å². The lowest BCUT2D eigenvalue weighted by Gasteiger charge is -2.09. The average molecular weight is 1040 g/mol. The molecule has 0 aliphatic heterocycles. The molecule has 0 saturated heterocycles. The highest BCUT2D eigenvalue weighted by atomic mass is 127. The number of rotatable bonds is 4. The standard InChI is InChI=1S/C14H13Cl2N5.C8H8Cl2N4.C6H6ClN.C5H2Cl2N4.C3H7I/c1-8(2)21-7-17-11-12(19-14(16)20-13(11)21)18-10-5-3-4-9(15)6-10;1-4(2)14-3-11-5-6(9)12-8(10)13-7(5)14;7-5-2-1-3-6(8)4-5;6-3-2-4(9-1-8-2)11-5(7)10-3;1-3(2)4/h3-8H,1-2H3,(H,18,19,20);3-4H,1-2H3;1-4H,8H2;1H,(H,8,9,10,11);3H,1-2H3. The molecule has 6 aromatic heterocycles. The third kappa shape index (κ3) is 13.8. The van der Waals surface area contributed by atoms with E-state index in [9.17, 15) is 0 Å². The number of halogens is 8. The molecule has 0 aliphatic carbocycles. The van der Waals surface area contributed by atoms with Crippen LogP contribution in [-0.2, 0) is 0 Å². The smallest absolute Gasteiger partial charge is 0.226 e. The van der Waals surface area contributed by atoms with Crippen LogP contribution in [0.1, 0.15) is 53.6 Å². The molecule has 8 aromatic rings. The lowest BCUT2D eigenvalue weighted by atomic mass is 10.3. The van der Waals surface area contributed by atoms with E-state index in [0.29, 0.717) is 60.2 Å². The predicted molar refractivity (Wildman–Crippen MR) is 248 cm³/mol. The molecule has 0 spiro atoms. The predicted octanol–water partition coefficient (Wildman–Crippen LogP) is 12.6. The second-order valence-corrected chi connectivity index (χ2v) is 17.6. The van der Waals surface area contributed by atoms with Gasteiger partial charge in [-0.2, -0.15) is 19.9 Å². The highest BCUT2D eigenvalue weighted by molar-refractivity contribution is 14.1. The molecule has 2 aromatic carbocycles. The maximum absolute atomic E-state index is 6.03. The highest BCUT2D eigenvalue weighted by Crippen LogP contribution is 2.27. The zero-order valence-corrected chi connectivity index (χ0v) is 39.1. The Kier molecular flexibility index (Phi) is 18.0. The van der Waals surface area contributed by atoms with E-state index >= 15 is 0 Å². The molecule has 8 rings (SSSR count). The molecule has 0 aliphatic rings. The van der Waals surface area contributed by atoms with Gasteiger partial charge in [-0.15, -0.1) is 0 Å². The summed E-state index contributed by atoms with van der Waals surface area (Å²) < 4.78 is 4.65. The molecular formula is C36H36Cl7IN14. The maximum Gasteiger partial charge on any atom is 0.226 e. The van der Waals surface area contributed by atoms with E-state index < -0.39 is 0 Å². The lowest BCUT2D eigenvalue weighted by Crippen LogP contribution is -2.02. The van der Waals surface area contributed by atoms with Crippen molar-refractivity contribution in [1.29, 1.82) is 0 Å². The number of imidazole rings is 3. The summed E-state index contributed by atoms with van der Waals surface area (Å²) in [6, 6.07) is 15.0. The zero-order valence-electron chi connectivity index (χ0n) is 31.6. The van der Waals surface area contributed by atoms with E-state index in [-0.39, 0.29) is 33.1 Å². The molecule has 6 heterocycles. The van der Waals surface area contributed by atoms with E-state index in [1.165, 1.54) is 6.33 Å². The summed E-state index contributed by atoms with van der Waals surface area (Å²) in [5.74, 6) is 0.562. The average Bonchev–Trinajstić information content (AvgIpc) is 3.88. The third-order valence-electron chi connectivity index (χ3n) is 7.01. The summed E-state index contributed by atoms with van der Waals surface area (Å²) in [6.07, 6.45) is 4.91. The summed E-state index contributed by atoms with van der Waals surface area (Å²) in [5, 5.41) is 5.52. The summed E-state index contributed by atoms with van der Waals surface area (Å²) in [4.78, 5) is 39.1. The number of alkyl halides is 1. The number of nitrogens with zero attached hydrogens (tertiary/aromatic N) is 11. The maximum atomic E-state index is 6.03. The minimum atomic E-state index is 0.106. The van der Waals surface area contributed by atoms with Crippen LogP contribution in [-0.4, -0.2) is 62.9 Å². The Balaban J connectivity index is 0.000000175. The molecule has 0 unspecified atom stereocenters. The van der Waals surface area contributed by atoms with Gasteiger partial charge in [0.1, 0.15) is 11.0 Å². The number of nitrogen functional groups attached to an aromatic ring is 1. The number of H-pyrrole nitrogens is 1. The molecule has 0 atom stereocenters. The second-order valence-electron chi connectivity index (χ2n) is 12.5. The number of aromatic nitrogens is 12. The van der Waals surface area contributed by atoms with Gasteiger partial charge in [0.15, 0.2) is 38.6 Å². The Morgan fingerprint density at radius 3 is 1.71 bits per heavy atom. The Hall–Kier alpha value is -3.55. The van der Waals surface area contributed by atoms with Gasteiger partial charge >= 0.3 is 0 Å². The van der Waals surface area contributed by atoms with E-state index in [4.69, 9.17) is 86.9 Å². The van der Waals surface area contributed by atoms with Gasteiger partial charge in [-0.05, 0) is 98.9 Å².